The molecule has 0 aliphatic rings. The van der Waals surface area contributed by atoms with Crippen molar-refractivity contribution in [2.24, 2.45) is 5.73 Å². The summed E-state index contributed by atoms with van der Waals surface area (Å²) >= 11 is 5.81. The number of hydrogen-bond acceptors (Lipinski definition) is 3. The Labute approximate surface area is 74.0 Å². The lowest BCUT2D eigenvalue weighted by Gasteiger charge is -1.97. The van der Waals surface area contributed by atoms with Crippen LogP contribution < -0.4 is 5.73 Å². The molecule has 12 heavy (non-hydrogen) atoms. The molecule has 5 heteroatoms. The lowest BCUT2D eigenvalue weighted by Crippen LogP contribution is -2.03. The fraction of sp³-hybridized carbons (Fsp3) is 0.143. The molecule has 0 amide bonds. The lowest BCUT2D eigenvalue weighted by atomic mass is 10.4. The van der Waals surface area contributed by atoms with Crippen LogP contribution in [0.3, 0.4) is 0 Å². The molecule has 0 saturated carbocycles. The van der Waals surface area contributed by atoms with Crippen molar-refractivity contribution in [1.29, 1.82) is 0 Å². The van der Waals surface area contributed by atoms with E-state index < -0.39 is 0 Å². The summed E-state index contributed by atoms with van der Waals surface area (Å²) in [6, 6.07) is 3.74. The van der Waals surface area contributed by atoms with Gasteiger partial charge in [-0.1, -0.05) is 11.6 Å². The van der Waals surface area contributed by atoms with Crippen molar-refractivity contribution >= 4 is 17.1 Å². The molecule has 0 saturated heterocycles. The minimum Gasteiger partial charge on any atom is -0.325 e. The molecule has 0 bridgehead atoms. The topological polar surface area (TPSA) is 56.2 Å². The minimum atomic E-state index is 0.446. The maximum atomic E-state index is 5.81. The molecule has 0 unspecified atom stereocenters. The van der Waals surface area contributed by atoms with Crippen LogP contribution in [0.2, 0.25) is 5.15 Å². The van der Waals surface area contributed by atoms with Gasteiger partial charge in [-0.05, 0) is 12.1 Å². The third kappa shape index (κ3) is 0.964. The molecule has 2 aromatic heterocycles. The Kier molecular flexibility index (Phi) is 1.71. The Bertz CT molecular complexity index is 409. The summed E-state index contributed by atoms with van der Waals surface area (Å²) in [7, 11) is 0. The van der Waals surface area contributed by atoms with Gasteiger partial charge in [0.2, 0.25) is 0 Å². The van der Waals surface area contributed by atoms with Gasteiger partial charge in [0, 0.05) is 6.54 Å². The number of rotatable bonds is 1. The van der Waals surface area contributed by atoms with Crippen LogP contribution in [0.25, 0.3) is 5.52 Å². The van der Waals surface area contributed by atoms with Crippen molar-refractivity contribution in [2.75, 3.05) is 0 Å². The van der Waals surface area contributed by atoms with Crippen LogP contribution >= 0.6 is 11.6 Å². The molecule has 0 aromatic carbocycles. The molecule has 2 aromatic rings. The first kappa shape index (κ1) is 7.52. The van der Waals surface area contributed by atoms with E-state index in [2.05, 4.69) is 10.1 Å². The molecule has 62 valence electrons. The van der Waals surface area contributed by atoms with Crippen molar-refractivity contribution in [3.8, 4) is 0 Å². The van der Waals surface area contributed by atoms with E-state index in [0.29, 0.717) is 11.7 Å². The van der Waals surface area contributed by atoms with E-state index in [-0.39, 0.29) is 0 Å². The summed E-state index contributed by atoms with van der Waals surface area (Å²) in [5, 5.41) is 4.46. The van der Waals surface area contributed by atoms with E-state index in [9.17, 15) is 0 Å². The van der Waals surface area contributed by atoms with E-state index >= 15 is 0 Å². The summed E-state index contributed by atoms with van der Waals surface area (Å²) < 4.78 is 1.69. The lowest BCUT2D eigenvalue weighted by molar-refractivity contribution is 0.827. The Morgan fingerprint density at radius 2 is 2.33 bits per heavy atom. The molecule has 0 radical (unpaired) electrons. The molecule has 0 spiro atoms. The van der Waals surface area contributed by atoms with Gasteiger partial charge < -0.3 is 5.73 Å². The van der Waals surface area contributed by atoms with Crippen LogP contribution in [0.15, 0.2) is 18.5 Å². The Balaban J connectivity index is 2.80. The molecule has 4 nitrogen and oxygen atoms in total. The first-order valence-corrected chi connectivity index (χ1v) is 3.88. The molecule has 2 heterocycles. The number of halogens is 1. The Hall–Kier alpha value is -1.13. The maximum Gasteiger partial charge on any atom is 0.156 e. The summed E-state index contributed by atoms with van der Waals surface area (Å²) in [6.45, 7) is 0.446. The second-order valence-electron chi connectivity index (χ2n) is 2.38. The van der Waals surface area contributed by atoms with E-state index in [1.54, 1.807) is 4.52 Å². The summed E-state index contributed by atoms with van der Waals surface area (Å²) in [5.41, 5.74) is 7.20. The highest BCUT2D eigenvalue weighted by molar-refractivity contribution is 6.32. The Morgan fingerprint density at radius 1 is 1.50 bits per heavy atom. The quantitative estimate of drug-likeness (QED) is 0.711. The zero-order valence-corrected chi connectivity index (χ0v) is 6.99. The standard InChI is InChI=1S/C7H7ClN4/c8-7-6-2-1-5(3-9)12(6)11-4-10-7/h1-2,4H,3,9H2. The number of fused-ring (bicyclic) bond motifs is 1. The third-order valence-electron chi connectivity index (χ3n) is 1.69. The van der Waals surface area contributed by atoms with Crippen molar-refractivity contribution in [3.63, 3.8) is 0 Å². The predicted octanol–water partition coefficient (Wildman–Crippen LogP) is 0.841. The van der Waals surface area contributed by atoms with Gasteiger partial charge >= 0.3 is 0 Å². The normalized spacial score (nSPS) is 10.8. The predicted molar refractivity (Wildman–Crippen MR) is 45.9 cm³/mol. The number of hydrogen-bond donors (Lipinski definition) is 1. The SMILES string of the molecule is NCc1ccc2c(Cl)ncnn12. The van der Waals surface area contributed by atoms with Crippen LogP contribution in [0.4, 0.5) is 0 Å². The highest BCUT2D eigenvalue weighted by Gasteiger charge is 2.03. The Morgan fingerprint density at radius 3 is 3.08 bits per heavy atom. The van der Waals surface area contributed by atoms with Gasteiger partial charge in [0.1, 0.15) is 11.8 Å². The summed E-state index contributed by atoms with van der Waals surface area (Å²) in [4.78, 5) is 3.85. The fourth-order valence-corrected chi connectivity index (χ4v) is 1.30. The summed E-state index contributed by atoms with van der Waals surface area (Å²) in [5.74, 6) is 0. The molecule has 0 atom stereocenters. The molecule has 2 rings (SSSR count). The van der Waals surface area contributed by atoms with E-state index in [1.165, 1.54) is 6.33 Å². The highest BCUT2D eigenvalue weighted by atomic mass is 35.5. The minimum absolute atomic E-state index is 0.446. The van der Waals surface area contributed by atoms with Crippen LogP contribution in [-0.4, -0.2) is 14.6 Å². The van der Waals surface area contributed by atoms with Gasteiger partial charge in [0.05, 0.1) is 5.69 Å². The maximum absolute atomic E-state index is 5.81. The van der Waals surface area contributed by atoms with Crippen molar-refractivity contribution in [3.05, 3.63) is 29.3 Å². The fourth-order valence-electron chi connectivity index (χ4n) is 1.11. The first-order valence-electron chi connectivity index (χ1n) is 3.50. The molecule has 0 aliphatic heterocycles. The number of aromatic nitrogens is 3. The van der Waals surface area contributed by atoms with Gasteiger partial charge in [-0.15, -0.1) is 0 Å². The van der Waals surface area contributed by atoms with E-state index in [4.69, 9.17) is 17.3 Å². The molecular formula is C7H7ClN4. The van der Waals surface area contributed by atoms with Crippen LogP contribution in [-0.2, 0) is 6.54 Å². The van der Waals surface area contributed by atoms with Gasteiger partial charge in [0.15, 0.2) is 5.15 Å². The average molecular weight is 183 g/mol. The van der Waals surface area contributed by atoms with Gasteiger partial charge in [-0.25, -0.2) is 9.50 Å². The largest absolute Gasteiger partial charge is 0.325 e. The molecule has 2 N–H and O–H groups in total. The van der Waals surface area contributed by atoms with Crippen molar-refractivity contribution in [2.45, 2.75) is 6.54 Å². The molecule has 0 aliphatic carbocycles. The summed E-state index contributed by atoms with van der Waals surface area (Å²) in [6.07, 6.45) is 1.41. The van der Waals surface area contributed by atoms with Crippen LogP contribution in [0, 0.1) is 0 Å². The first-order chi connectivity index (χ1) is 5.83. The smallest absolute Gasteiger partial charge is 0.156 e. The molecule has 0 fully saturated rings. The van der Waals surface area contributed by atoms with Crippen LogP contribution in [0.5, 0.6) is 0 Å². The third-order valence-corrected chi connectivity index (χ3v) is 1.98. The van der Waals surface area contributed by atoms with Gasteiger partial charge in [0.25, 0.3) is 0 Å². The average Bonchev–Trinajstić information content (AvgIpc) is 2.49. The van der Waals surface area contributed by atoms with Crippen molar-refractivity contribution < 1.29 is 0 Å². The zero-order chi connectivity index (χ0) is 8.55. The van der Waals surface area contributed by atoms with Crippen molar-refractivity contribution in [1.82, 2.24) is 14.6 Å². The van der Waals surface area contributed by atoms with Gasteiger partial charge in [-0.2, -0.15) is 5.10 Å². The second kappa shape index (κ2) is 2.73. The van der Waals surface area contributed by atoms with Crippen LogP contribution in [0.1, 0.15) is 5.69 Å². The number of nitrogens with two attached hydrogens (primary N) is 1. The van der Waals surface area contributed by atoms with Gasteiger partial charge in [-0.3, -0.25) is 0 Å². The highest BCUT2D eigenvalue weighted by Crippen LogP contribution is 2.14. The molecular weight excluding hydrogens is 176 g/mol. The number of nitrogens with zero attached hydrogens (tertiary/aromatic N) is 3. The monoisotopic (exact) mass is 182 g/mol. The van der Waals surface area contributed by atoms with E-state index in [1.807, 2.05) is 12.1 Å². The second-order valence-corrected chi connectivity index (χ2v) is 2.73. The van der Waals surface area contributed by atoms with E-state index in [0.717, 1.165) is 11.2 Å². The zero-order valence-electron chi connectivity index (χ0n) is 6.24.